The smallest absolute Gasteiger partial charge is 0.408 e. The van der Waals surface area contributed by atoms with E-state index < -0.39 is 58.8 Å². The van der Waals surface area contributed by atoms with Crippen LogP contribution < -0.4 is 25.7 Å². The second-order valence-corrected chi connectivity index (χ2v) is 12.7. The molecule has 1 saturated heterocycles. The Morgan fingerprint density at radius 2 is 1.91 bits per heavy atom. The van der Waals surface area contributed by atoms with E-state index in [0.29, 0.717) is 30.5 Å². The number of fused-ring (bicyclic) bond motifs is 1. The molecule has 2 aliphatic rings. The number of nitrogens with zero attached hydrogens (tertiary/aromatic N) is 3. The summed E-state index contributed by atoms with van der Waals surface area (Å²) < 4.78 is 43.9. The molecule has 0 radical (unpaired) electrons. The number of carbonyl (C=O) groups is 3. The normalized spacial score (nSPS) is 17.2. The van der Waals surface area contributed by atoms with Crippen molar-refractivity contribution in [2.75, 3.05) is 52.3 Å². The summed E-state index contributed by atoms with van der Waals surface area (Å²) in [6.45, 7) is 5.18. The molecule has 2 amide bonds. The van der Waals surface area contributed by atoms with E-state index in [2.05, 4.69) is 10.6 Å². The van der Waals surface area contributed by atoms with Crippen molar-refractivity contribution < 1.29 is 37.7 Å². The van der Waals surface area contributed by atoms with Crippen LogP contribution in [0.4, 0.5) is 19.3 Å². The Morgan fingerprint density at radius 3 is 2.49 bits per heavy atom. The quantitative estimate of drug-likeness (QED) is 0.358. The van der Waals surface area contributed by atoms with E-state index in [-0.39, 0.29) is 36.0 Å². The van der Waals surface area contributed by atoms with Crippen molar-refractivity contribution in [2.24, 2.45) is 0 Å². The molecule has 2 aromatic rings. The van der Waals surface area contributed by atoms with Gasteiger partial charge in [0.2, 0.25) is 11.3 Å². The van der Waals surface area contributed by atoms with Crippen molar-refractivity contribution in [2.45, 2.75) is 64.1 Å². The second kappa shape index (κ2) is 13.4. The van der Waals surface area contributed by atoms with E-state index in [1.807, 2.05) is 0 Å². The molecule has 3 N–H and O–H groups in total. The number of rotatable bonds is 10. The van der Waals surface area contributed by atoms with Crippen molar-refractivity contribution in [1.29, 1.82) is 0 Å². The molecule has 2 fully saturated rings. The predicted octanol–water partition coefficient (Wildman–Crippen LogP) is 3.58. The third kappa shape index (κ3) is 7.91. The fraction of sp³-hybridized carbons (Fsp3) is 0.548. The molecule has 246 valence electrons. The largest absolute Gasteiger partial charge is 0.492 e. The number of hydrogen-bond donors (Lipinski definition) is 3. The molecule has 12 nitrogen and oxygen atoms in total. The van der Waals surface area contributed by atoms with Crippen LogP contribution in [-0.2, 0) is 9.53 Å². The summed E-state index contributed by atoms with van der Waals surface area (Å²) in [5, 5.41) is 14.5. The van der Waals surface area contributed by atoms with Crippen molar-refractivity contribution in [3.05, 3.63) is 45.3 Å². The Labute approximate surface area is 259 Å². The molecule has 0 spiro atoms. The minimum Gasteiger partial charge on any atom is -0.492 e. The van der Waals surface area contributed by atoms with Crippen molar-refractivity contribution in [3.63, 3.8) is 0 Å². The van der Waals surface area contributed by atoms with E-state index in [0.717, 1.165) is 18.9 Å². The molecule has 4 rings (SSSR count). The lowest BCUT2D eigenvalue weighted by Gasteiger charge is -2.33. The number of aromatic nitrogens is 1. The highest BCUT2D eigenvalue weighted by atomic mass is 19.1. The Kier molecular flexibility index (Phi) is 10.1. The number of carboxylic acid groups (broad SMARTS) is 1. The minimum absolute atomic E-state index is 0.00134. The standard InChI is InChI=1S/C31H41F2N5O7/c1-31(2,3)45-30(43)35-23(16-36(4)5)28(40)34-13-22(33)17-8-7-11-37(14-17)25-21(32)12-19-24(27(25)44-6)38(18-9-10-18)15-20(26(19)39)29(41)42/h12,15,18,23H,7-11,13-14,16H2,1-6H3,(H,34,40)(H,35,43)(H,41,42)/b22-17+. The van der Waals surface area contributed by atoms with Crippen molar-refractivity contribution in [3.8, 4) is 5.75 Å². The Balaban J connectivity index is 1.59. The molecule has 1 aliphatic carbocycles. The number of pyridine rings is 1. The number of alkyl carbamates (subject to hydrolysis) is 1. The fourth-order valence-electron chi connectivity index (χ4n) is 5.43. The number of nitrogens with one attached hydrogen (secondary N) is 2. The van der Waals surface area contributed by atoms with Crippen LogP contribution in [0.5, 0.6) is 5.75 Å². The highest BCUT2D eigenvalue weighted by Crippen LogP contribution is 2.44. The first-order valence-corrected chi connectivity index (χ1v) is 14.8. The summed E-state index contributed by atoms with van der Waals surface area (Å²) in [5.74, 6) is -3.31. The summed E-state index contributed by atoms with van der Waals surface area (Å²) in [6.07, 6.45) is 2.89. The topological polar surface area (TPSA) is 142 Å². The number of aromatic carboxylic acids is 1. The molecule has 1 aromatic heterocycles. The van der Waals surface area contributed by atoms with Gasteiger partial charge in [-0.25, -0.2) is 18.4 Å². The first-order valence-electron chi connectivity index (χ1n) is 14.8. The molecule has 1 atom stereocenters. The lowest BCUT2D eigenvalue weighted by molar-refractivity contribution is -0.123. The number of benzene rings is 1. The van der Waals surface area contributed by atoms with Crippen LogP contribution in [0.3, 0.4) is 0 Å². The van der Waals surface area contributed by atoms with Crippen molar-refractivity contribution in [1.82, 2.24) is 20.1 Å². The number of carbonyl (C=O) groups excluding carboxylic acids is 2. The molecule has 1 aromatic carbocycles. The molecular formula is C31H41F2N5O7. The number of hydrogen-bond acceptors (Lipinski definition) is 8. The summed E-state index contributed by atoms with van der Waals surface area (Å²) in [4.78, 5) is 53.3. The van der Waals surface area contributed by atoms with Gasteiger partial charge >= 0.3 is 12.1 Å². The van der Waals surface area contributed by atoms with Gasteiger partial charge in [-0.3, -0.25) is 9.59 Å². The molecule has 2 heterocycles. The number of piperidine rings is 1. The average Bonchev–Trinajstić information content (AvgIpc) is 3.79. The van der Waals surface area contributed by atoms with Crippen LogP contribution >= 0.6 is 0 Å². The monoisotopic (exact) mass is 633 g/mol. The first-order chi connectivity index (χ1) is 21.1. The van der Waals surface area contributed by atoms with Gasteiger partial charge in [0.05, 0.1) is 24.6 Å². The number of halogens is 2. The maximum Gasteiger partial charge on any atom is 0.408 e. The highest BCUT2D eigenvalue weighted by Gasteiger charge is 2.32. The molecule has 45 heavy (non-hydrogen) atoms. The van der Waals surface area contributed by atoms with Crippen LogP contribution in [0.15, 0.2) is 28.5 Å². The number of anilines is 1. The van der Waals surface area contributed by atoms with Gasteiger partial charge < -0.3 is 39.6 Å². The Hall–Kier alpha value is -4.20. The number of amides is 2. The van der Waals surface area contributed by atoms with E-state index in [4.69, 9.17) is 9.47 Å². The number of methoxy groups -OCH3 is 1. The van der Waals surface area contributed by atoms with Gasteiger partial charge in [0.15, 0.2) is 11.6 Å². The predicted molar refractivity (Wildman–Crippen MR) is 164 cm³/mol. The minimum atomic E-state index is -1.40. The van der Waals surface area contributed by atoms with Crippen LogP contribution in [0.2, 0.25) is 0 Å². The SMILES string of the molecule is COc1c(N2CCC/C(=C(\F)CNC(=O)C(CN(C)C)NC(=O)OC(C)(C)C)C2)c(F)cc2c(=O)c(C(=O)O)cn(C3CC3)c12. The Bertz CT molecular complexity index is 1580. The molecule has 1 unspecified atom stereocenters. The van der Waals surface area contributed by atoms with E-state index in [1.54, 1.807) is 49.2 Å². The van der Waals surface area contributed by atoms with E-state index in [9.17, 15) is 24.3 Å². The zero-order valence-electron chi connectivity index (χ0n) is 26.5. The van der Waals surface area contributed by atoms with Gasteiger partial charge in [-0.1, -0.05) is 0 Å². The zero-order valence-corrected chi connectivity index (χ0v) is 26.5. The van der Waals surface area contributed by atoms with Gasteiger partial charge in [0.1, 0.15) is 28.7 Å². The van der Waals surface area contributed by atoms with Crippen LogP contribution in [0.25, 0.3) is 10.9 Å². The van der Waals surface area contributed by atoms with Gasteiger partial charge in [0.25, 0.3) is 0 Å². The molecule has 0 bridgehead atoms. The van der Waals surface area contributed by atoms with Crippen LogP contribution in [0.1, 0.15) is 62.9 Å². The van der Waals surface area contributed by atoms with Gasteiger partial charge in [0, 0.05) is 31.9 Å². The maximum atomic E-state index is 15.8. The molecule has 14 heteroatoms. The van der Waals surface area contributed by atoms with Gasteiger partial charge in [-0.2, -0.15) is 0 Å². The molecular weight excluding hydrogens is 592 g/mol. The highest BCUT2D eigenvalue weighted by molar-refractivity contribution is 5.97. The Morgan fingerprint density at radius 1 is 1.22 bits per heavy atom. The van der Waals surface area contributed by atoms with Crippen molar-refractivity contribution >= 4 is 34.6 Å². The summed E-state index contributed by atoms with van der Waals surface area (Å²) in [6, 6.07) is -0.0348. The summed E-state index contributed by atoms with van der Waals surface area (Å²) in [5.41, 5.74) is -1.34. The van der Waals surface area contributed by atoms with Crippen LogP contribution in [-0.4, -0.2) is 91.6 Å². The first kappa shape index (κ1) is 33.7. The van der Waals surface area contributed by atoms with E-state index >= 15 is 8.78 Å². The zero-order chi connectivity index (χ0) is 33.2. The average molecular weight is 634 g/mol. The second-order valence-electron chi connectivity index (χ2n) is 12.7. The van der Waals surface area contributed by atoms with Gasteiger partial charge in [-0.05, 0) is 72.2 Å². The van der Waals surface area contributed by atoms with Crippen LogP contribution in [0, 0.1) is 5.82 Å². The number of carboxylic acids is 1. The summed E-state index contributed by atoms with van der Waals surface area (Å²) in [7, 11) is 4.80. The maximum absolute atomic E-state index is 15.8. The number of likely N-dealkylation sites (N-methyl/N-ethyl adjacent to an activating group) is 1. The number of ether oxygens (including phenoxy) is 2. The van der Waals surface area contributed by atoms with E-state index in [1.165, 1.54) is 13.3 Å². The molecule has 1 aliphatic heterocycles. The lowest BCUT2D eigenvalue weighted by atomic mass is 10.0. The summed E-state index contributed by atoms with van der Waals surface area (Å²) >= 11 is 0. The lowest BCUT2D eigenvalue weighted by Crippen LogP contribution is -2.52. The van der Waals surface area contributed by atoms with Gasteiger partial charge in [-0.15, -0.1) is 0 Å². The molecule has 1 saturated carbocycles. The fourth-order valence-corrected chi connectivity index (χ4v) is 5.43. The third-order valence-electron chi connectivity index (χ3n) is 7.53. The third-order valence-corrected chi connectivity index (χ3v) is 7.53.